The number of azo groups is 1. The Morgan fingerprint density at radius 3 is 2.71 bits per heavy atom. The van der Waals surface area contributed by atoms with E-state index in [1.54, 1.807) is 6.92 Å². The second-order valence-electron chi connectivity index (χ2n) is 3.74. The predicted molar refractivity (Wildman–Crippen MR) is 74.6 cm³/mol. The van der Waals surface area contributed by atoms with Crippen molar-refractivity contribution in [1.82, 2.24) is 0 Å². The molecule has 8 nitrogen and oxygen atoms in total. The molecule has 0 saturated carbocycles. The molecule has 0 aromatic heterocycles. The van der Waals surface area contributed by atoms with Crippen LogP contribution in [0.3, 0.4) is 0 Å². The first-order valence-corrected chi connectivity index (χ1v) is 6.17. The van der Waals surface area contributed by atoms with Crippen LogP contribution in [-0.2, 0) is 9.53 Å². The monoisotopic (exact) mass is 313 g/mol. The number of esters is 1. The first-order valence-electron chi connectivity index (χ1n) is 5.79. The number of hydrogen-bond acceptors (Lipinski definition) is 7. The fourth-order valence-corrected chi connectivity index (χ4v) is 1.46. The number of aliphatic hydroxyl groups excluding tert-OH is 1. The highest BCUT2D eigenvalue weighted by Gasteiger charge is 2.17. The average Bonchev–Trinajstić information content (AvgIpc) is 2.40. The number of halogens is 1. The molecule has 1 aromatic rings. The minimum absolute atomic E-state index is 0.0895. The van der Waals surface area contributed by atoms with E-state index in [1.165, 1.54) is 19.1 Å². The summed E-state index contributed by atoms with van der Waals surface area (Å²) < 4.78 is 4.69. The Hall–Kier alpha value is -2.48. The van der Waals surface area contributed by atoms with Crippen molar-refractivity contribution in [2.45, 2.75) is 13.8 Å². The van der Waals surface area contributed by atoms with E-state index in [9.17, 15) is 20.0 Å². The minimum atomic E-state index is -0.877. The Morgan fingerprint density at radius 1 is 1.52 bits per heavy atom. The number of aliphatic hydroxyl groups is 1. The number of nitrogens with zero attached hydrogens (tertiary/aromatic N) is 3. The maximum Gasteiger partial charge on any atom is 0.362 e. The summed E-state index contributed by atoms with van der Waals surface area (Å²) in [5.41, 5.74) is -0.904. The fraction of sp³-hybridized carbons (Fsp3) is 0.250. The van der Waals surface area contributed by atoms with Crippen LogP contribution in [0.25, 0.3) is 0 Å². The molecular weight excluding hydrogens is 302 g/mol. The molecule has 0 amide bonds. The number of hydrogen-bond donors (Lipinski definition) is 1. The molecule has 0 heterocycles. The molecular formula is C12H12ClN3O5. The van der Waals surface area contributed by atoms with Crippen molar-refractivity contribution in [2.75, 3.05) is 6.61 Å². The van der Waals surface area contributed by atoms with Gasteiger partial charge >= 0.3 is 5.97 Å². The van der Waals surface area contributed by atoms with Crippen LogP contribution in [0.1, 0.15) is 13.8 Å². The lowest BCUT2D eigenvalue weighted by molar-refractivity contribution is -0.384. The molecule has 1 aromatic carbocycles. The Bertz CT molecular complexity index is 623. The maximum atomic E-state index is 11.5. The van der Waals surface area contributed by atoms with E-state index in [-0.39, 0.29) is 23.0 Å². The lowest BCUT2D eigenvalue weighted by atomic mass is 10.3. The number of allylic oxidation sites excluding steroid dienone is 1. The highest BCUT2D eigenvalue weighted by Crippen LogP contribution is 2.31. The summed E-state index contributed by atoms with van der Waals surface area (Å²) in [6.45, 7) is 2.90. The maximum absolute atomic E-state index is 11.5. The van der Waals surface area contributed by atoms with Crippen molar-refractivity contribution in [1.29, 1.82) is 0 Å². The van der Waals surface area contributed by atoms with Gasteiger partial charge in [0.1, 0.15) is 5.76 Å². The SMILES string of the molecule is CCOC(=O)/C(N=Nc1ccc(Cl)cc1[N+](=O)[O-])=C(/C)O. The van der Waals surface area contributed by atoms with Crippen molar-refractivity contribution in [2.24, 2.45) is 10.2 Å². The van der Waals surface area contributed by atoms with Crippen LogP contribution in [0.4, 0.5) is 11.4 Å². The summed E-state index contributed by atoms with van der Waals surface area (Å²) in [6, 6.07) is 3.78. The predicted octanol–water partition coefficient (Wildman–Crippen LogP) is 3.68. The number of rotatable bonds is 5. The van der Waals surface area contributed by atoms with Gasteiger partial charge in [-0.3, -0.25) is 10.1 Å². The fourth-order valence-electron chi connectivity index (χ4n) is 1.29. The van der Waals surface area contributed by atoms with E-state index in [4.69, 9.17) is 11.6 Å². The summed E-state index contributed by atoms with van der Waals surface area (Å²) in [5.74, 6) is -1.29. The van der Waals surface area contributed by atoms with Gasteiger partial charge in [0, 0.05) is 11.1 Å². The van der Waals surface area contributed by atoms with Crippen LogP contribution < -0.4 is 0 Å². The number of carbonyl (C=O) groups is 1. The van der Waals surface area contributed by atoms with E-state index in [0.717, 1.165) is 6.07 Å². The number of nitro groups is 1. The Morgan fingerprint density at radius 2 is 2.19 bits per heavy atom. The van der Waals surface area contributed by atoms with Crippen molar-refractivity contribution in [3.63, 3.8) is 0 Å². The van der Waals surface area contributed by atoms with Gasteiger partial charge < -0.3 is 9.84 Å². The smallest absolute Gasteiger partial charge is 0.362 e. The zero-order valence-electron chi connectivity index (χ0n) is 11.2. The molecule has 0 saturated heterocycles. The van der Waals surface area contributed by atoms with E-state index < -0.39 is 22.3 Å². The number of carbonyl (C=O) groups excluding carboxylic acids is 1. The van der Waals surface area contributed by atoms with Crippen LogP contribution in [0.15, 0.2) is 39.9 Å². The van der Waals surface area contributed by atoms with Gasteiger partial charge in [0.25, 0.3) is 5.69 Å². The molecule has 1 N–H and O–H groups in total. The summed E-state index contributed by atoms with van der Waals surface area (Å²) >= 11 is 5.67. The van der Waals surface area contributed by atoms with Gasteiger partial charge in [-0.1, -0.05) is 11.6 Å². The van der Waals surface area contributed by atoms with E-state index in [1.807, 2.05) is 0 Å². The van der Waals surface area contributed by atoms with Gasteiger partial charge in [0.2, 0.25) is 5.70 Å². The Balaban J connectivity index is 3.17. The molecule has 1 rings (SSSR count). The van der Waals surface area contributed by atoms with Crippen LogP contribution in [0, 0.1) is 10.1 Å². The molecule has 0 fully saturated rings. The second kappa shape index (κ2) is 7.34. The van der Waals surface area contributed by atoms with E-state index in [0.29, 0.717) is 0 Å². The first-order chi connectivity index (χ1) is 9.86. The second-order valence-corrected chi connectivity index (χ2v) is 4.18. The largest absolute Gasteiger partial charge is 0.510 e. The van der Waals surface area contributed by atoms with Crippen molar-refractivity contribution < 1.29 is 19.6 Å². The molecule has 9 heteroatoms. The molecule has 0 aliphatic heterocycles. The van der Waals surface area contributed by atoms with E-state index in [2.05, 4.69) is 15.0 Å². The van der Waals surface area contributed by atoms with Crippen molar-refractivity contribution in [3.05, 3.63) is 44.8 Å². The Labute approximate surface area is 124 Å². The summed E-state index contributed by atoms with van der Waals surface area (Å²) in [7, 11) is 0. The van der Waals surface area contributed by atoms with Crippen LogP contribution in [0.5, 0.6) is 0 Å². The average molecular weight is 314 g/mol. The number of ether oxygens (including phenoxy) is 1. The summed E-state index contributed by atoms with van der Waals surface area (Å²) in [4.78, 5) is 21.7. The molecule has 0 bridgehead atoms. The van der Waals surface area contributed by atoms with Gasteiger partial charge in [-0.25, -0.2) is 4.79 Å². The van der Waals surface area contributed by atoms with Gasteiger partial charge in [0.05, 0.1) is 11.5 Å². The third-order valence-corrected chi connectivity index (χ3v) is 2.44. The topological polar surface area (TPSA) is 114 Å². The van der Waals surface area contributed by atoms with Gasteiger partial charge in [0.15, 0.2) is 5.69 Å². The minimum Gasteiger partial charge on any atom is -0.510 e. The van der Waals surface area contributed by atoms with Crippen molar-refractivity contribution in [3.8, 4) is 0 Å². The molecule has 0 atom stereocenters. The highest BCUT2D eigenvalue weighted by molar-refractivity contribution is 6.30. The zero-order valence-corrected chi connectivity index (χ0v) is 12.0. The highest BCUT2D eigenvalue weighted by atomic mass is 35.5. The van der Waals surface area contributed by atoms with Gasteiger partial charge in [-0.15, -0.1) is 10.2 Å². The lowest BCUT2D eigenvalue weighted by Gasteiger charge is -2.02. The lowest BCUT2D eigenvalue weighted by Crippen LogP contribution is -2.07. The quantitative estimate of drug-likeness (QED) is 0.222. The van der Waals surface area contributed by atoms with Crippen molar-refractivity contribution >= 4 is 28.9 Å². The third-order valence-electron chi connectivity index (χ3n) is 2.20. The van der Waals surface area contributed by atoms with Crippen LogP contribution in [0.2, 0.25) is 5.02 Å². The van der Waals surface area contributed by atoms with E-state index >= 15 is 0 Å². The zero-order chi connectivity index (χ0) is 16.0. The molecule has 0 unspecified atom stereocenters. The molecule has 0 aliphatic carbocycles. The molecule has 0 spiro atoms. The first kappa shape index (κ1) is 16.6. The molecule has 112 valence electrons. The number of nitro benzene ring substituents is 1. The van der Waals surface area contributed by atoms with Gasteiger partial charge in [-0.05, 0) is 26.0 Å². The standard InChI is InChI=1S/C12H12ClN3O5/c1-3-21-12(18)11(7(2)17)15-14-9-5-4-8(13)6-10(9)16(19)20/h4-6,17H,3H2,1-2H3/b11-7+,15-14?. The normalized spacial score (nSPS) is 12.1. The number of benzene rings is 1. The van der Waals surface area contributed by atoms with Crippen LogP contribution in [-0.4, -0.2) is 22.6 Å². The summed E-state index contributed by atoms with van der Waals surface area (Å²) in [6.07, 6.45) is 0. The molecule has 21 heavy (non-hydrogen) atoms. The molecule has 0 aliphatic rings. The molecule has 0 radical (unpaired) electrons. The van der Waals surface area contributed by atoms with Crippen LogP contribution >= 0.6 is 11.6 Å². The Kier molecular flexibility index (Phi) is 5.79. The third kappa shape index (κ3) is 4.53. The summed E-state index contributed by atoms with van der Waals surface area (Å²) in [5, 5.41) is 27.5. The van der Waals surface area contributed by atoms with Gasteiger partial charge in [-0.2, -0.15) is 0 Å².